The van der Waals surface area contributed by atoms with Crippen molar-refractivity contribution in [3.8, 4) is 0 Å². The van der Waals surface area contributed by atoms with Gasteiger partial charge in [0.25, 0.3) is 0 Å². The van der Waals surface area contributed by atoms with Crippen molar-refractivity contribution in [2.24, 2.45) is 0 Å². The van der Waals surface area contributed by atoms with E-state index in [0.29, 0.717) is 6.04 Å². The molecule has 0 bridgehead atoms. The highest BCUT2D eigenvalue weighted by Crippen LogP contribution is 2.34. The van der Waals surface area contributed by atoms with Crippen molar-refractivity contribution < 1.29 is 4.74 Å². The Bertz CT molecular complexity index is 1090. The van der Waals surface area contributed by atoms with Crippen molar-refractivity contribution >= 4 is 28.2 Å². The van der Waals surface area contributed by atoms with E-state index < -0.39 is 0 Å². The first-order valence-electron chi connectivity index (χ1n) is 11.4. The van der Waals surface area contributed by atoms with Crippen LogP contribution in [0.5, 0.6) is 0 Å². The number of hydrogen-bond acceptors (Lipinski definition) is 4. The van der Waals surface area contributed by atoms with Crippen molar-refractivity contribution in [2.75, 3.05) is 50.0 Å². The second-order valence-corrected chi connectivity index (χ2v) is 8.63. The van der Waals surface area contributed by atoms with Crippen LogP contribution >= 0.6 is 0 Å². The van der Waals surface area contributed by atoms with E-state index in [0.717, 1.165) is 45.8 Å². The van der Waals surface area contributed by atoms with E-state index in [1.54, 1.807) is 0 Å². The smallest absolute Gasteiger partial charge is 0.0594 e. The maximum atomic E-state index is 5.44. The molecule has 1 aliphatic carbocycles. The van der Waals surface area contributed by atoms with Gasteiger partial charge in [-0.25, -0.2) is 0 Å². The summed E-state index contributed by atoms with van der Waals surface area (Å²) in [7, 11) is 0. The molecule has 3 aromatic carbocycles. The summed E-state index contributed by atoms with van der Waals surface area (Å²) in [6.45, 7) is 7.93. The van der Waals surface area contributed by atoms with E-state index in [-0.39, 0.29) is 0 Å². The standard InChI is InChI=1S/C27H31N3O/c1-20-4-2-6-25(16-20)29-27-7-3-5-22-17-21-8-9-24(18-23(21)19-26(22)27)28-10-11-30-12-14-31-15-13-30/h2-6,8-9,16-19,27-29H,7,10-15H2,1H3. The van der Waals surface area contributed by atoms with Crippen LogP contribution in [0.25, 0.3) is 16.8 Å². The first-order chi connectivity index (χ1) is 15.2. The van der Waals surface area contributed by atoms with Crippen LogP contribution < -0.4 is 10.6 Å². The molecule has 0 spiro atoms. The summed E-state index contributed by atoms with van der Waals surface area (Å²) in [6.07, 6.45) is 5.55. The minimum Gasteiger partial charge on any atom is -0.384 e. The molecule has 1 atom stereocenters. The fourth-order valence-electron chi connectivity index (χ4n) is 4.60. The largest absolute Gasteiger partial charge is 0.384 e. The first-order valence-corrected chi connectivity index (χ1v) is 11.4. The van der Waals surface area contributed by atoms with Gasteiger partial charge in [0, 0.05) is 37.6 Å². The molecule has 3 aromatic rings. The lowest BCUT2D eigenvalue weighted by Crippen LogP contribution is -2.38. The maximum Gasteiger partial charge on any atom is 0.0594 e. The van der Waals surface area contributed by atoms with Crippen LogP contribution in [0.3, 0.4) is 0 Å². The average molecular weight is 414 g/mol. The molecule has 1 unspecified atom stereocenters. The third-order valence-electron chi connectivity index (χ3n) is 6.31. The van der Waals surface area contributed by atoms with E-state index in [1.807, 2.05) is 0 Å². The molecule has 0 aromatic heterocycles. The molecule has 4 nitrogen and oxygen atoms in total. The minimum absolute atomic E-state index is 0.295. The Kier molecular flexibility index (Phi) is 5.92. The quantitative estimate of drug-likeness (QED) is 0.562. The molecule has 1 saturated heterocycles. The Morgan fingerprint density at radius 3 is 2.74 bits per heavy atom. The lowest BCUT2D eigenvalue weighted by Gasteiger charge is -2.26. The number of aryl methyl sites for hydroxylation is 1. The number of fused-ring (bicyclic) bond motifs is 2. The number of ether oxygens (including phenoxy) is 1. The van der Waals surface area contributed by atoms with E-state index >= 15 is 0 Å². The van der Waals surface area contributed by atoms with Crippen LogP contribution in [-0.4, -0.2) is 44.3 Å². The Hall–Kier alpha value is -2.82. The topological polar surface area (TPSA) is 36.5 Å². The molecule has 1 fully saturated rings. The number of anilines is 2. The van der Waals surface area contributed by atoms with E-state index in [1.165, 1.54) is 38.8 Å². The Labute approximate surface area is 184 Å². The summed E-state index contributed by atoms with van der Waals surface area (Å²) < 4.78 is 5.44. The zero-order valence-corrected chi connectivity index (χ0v) is 18.2. The lowest BCUT2D eigenvalue weighted by atomic mass is 9.89. The van der Waals surface area contributed by atoms with Gasteiger partial charge in [-0.2, -0.15) is 0 Å². The fraction of sp³-hybridized carbons (Fsp3) is 0.333. The zero-order valence-electron chi connectivity index (χ0n) is 18.2. The van der Waals surface area contributed by atoms with Gasteiger partial charge in [-0.1, -0.05) is 30.4 Å². The molecule has 4 heteroatoms. The Morgan fingerprint density at radius 2 is 1.87 bits per heavy atom. The molecule has 0 radical (unpaired) electrons. The van der Waals surface area contributed by atoms with Crippen molar-refractivity contribution in [1.29, 1.82) is 0 Å². The predicted molar refractivity (Wildman–Crippen MR) is 131 cm³/mol. The number of nitrogens with one attached hydrogen (secondary N) is 2. The van der Waals surface area contributed by atoms with Crippen LogP contribution in [0.4, 0.5) is 11.4 Å². The monoisotopic (exact) mass is 413 g/mol. The molecule has 0 saturated carbocycles. The van der Waals surface area contributed by atoms with Gasteiger partial charge in [-0.05, 0) is 77.2 Å². The Morgan fingerprint density at radius 1 is 0.968 bits per heavy atom. The summed E-state index contributed by atoms with van der Waals surface area (Å²) in [5.41, 5.74) is 6.35. The molecule has 5 rings (SSSR count). The average Bonchev–Trinajstić information content (AvgIpc) is 2.79. The second-order valence-electron chi connectivity index (χ2n) is 8.63. The molecular formula is C27H31N3O. The van der Waals surface area contributed by atoms with Gasteiger partial charge >= 0.3 is 0 Å². The van der Waals surface area contributed by atoms with E-state index in [2.05, 4.69) is 89.2 Å². The molecule has 1 aliphatic heterocycles. The normalized spacial score (nSPS) is 18.7. The van der Waals surface area contributed by atoms with Crippen molar-refractivity contribution in [3.05, 3.63) is 77.4 Å². The molecule has 31 heavy (non-hydrogen) atoms. The van der Waals surface area contributed by atoms with Crippen LogP contribution in [0.15, 0.2) is 60.7 Å². The van der Waals surface area contributed by atoms with Gasteiger partial charge in [-0.3, -0.25) is 4.90 Å². The molecule has 2 N–H and O–H groups in total. The van der Waals surface area contributed by atoms with Gasteiger partial charge < -0.3 is 15.4 Å². The third kappa shape index (κ3) is 4.76. The van der Waals surface area contributed by atoms with Gasteiger partial charge in [0.2, 0.25) is 0 Å². The second kappa shape index (κ2) is 9.13. The highest BCUT2D eigenvalue weighted by molar-refractivity contribution is 5.89. The summed E-state index contributed by atoms with van der Waals surface area (Å²) in [5.74, 6) is 0. The van der Waals surface area contributed by atoms with Gasteiger partial charge in [0.05, 0.1) is 19.3 Å². The SMILES string of the molecule is Cc1cccc(NC2CC=Cc3cc4ccc(NCCN5CCOCC5)cc4cc32)c1. The van der Waals surface area contributed by atoms with Crippen molar-refractivity contribution in [1.82, 2.24) is 4.90 Å². The van der Waals surface area contributed by atoms with Gasteiger partial charge in [0.1, 0.15) is 0 Å². The zero-order chi connectivity index (χ0) is 21.0. The van der Waals surface area contributed by atoms with Crippen LogP contribution in [0.2, 0.25) is 0 Å². The van der Waals surface area contributed by atoms with E-state index in [4.69, 9.17) is 4.74 Å². The number of rotatable bonds is 6. The highest BCUT2D eigenvalue weighted by Gasteiger charge is 2.18. The molecule has 0 amide bonds. The summed E-state index contributed by atoms with van der Waals surface area (Å²) in [6, 6.07) is 20.3. The van der Waals surface area contributed by atoms with Crippen molar-refractivity contribution in [3.63, 3.8) is 0 Å². The third-order valence-corrected chi connectivity index (χ3v) is 6.31. The van der Waals surface area contributed by atoms with Crippen LogP contribution in [0, 0.1) is 6.92 Å². The van der Waals surface area contributed by atoms with Gasteiger partial charge in [0.15, 0.2) is 0 Å². The van der Waals surface area contributed by atoms with E-state index in [9.17, 15) is 0 Å². The predicted octanol–water partition coefficient (Wildman–Crippen LogP) is 5.46. The fourth-order valence-corrected chi connectivity index (χ4v) is 4.60. The van der Waals surface area contributed by atoms with Gasteiger partial charge in [-0.15, -0.1) is 0 Å². The minimum atomic E-state index is 0.295. The molecular weight excluding hydrogens is 382 g/mol. The number of benzene rings is 3. The molecule has 160 valence electrons. The Balaban J connectivity index is 1.33. The maximum absolute atomic E-state index is 5.44. The van der Waals surface area contributed by atoms with Crippen LogP contribution in [-0.2, 0) is 4.74 Å². The first kappa shape index (κ1) is 20.1. The number of hydrogen-bond donors (Lipinski definition) is 2. The molecule has 1 heterocycles. The summed E-state index contributed by atoms with van der Waals surface area (Å²) in [4.78, 5) is 2.46. The van der Waals surface area contributed by atoms with Crippen LogP contribution in [0.1, 0.15) is 29.2 Å². The number of morpholine rings is 1. The summed E-state index contributed by atoms with van der Waals surface area (Å²) >= 11 is 0. The number of nitrogens with zero attached hydrogens (tertiary/aromatic N) is 1. The summed E-state index contributed by atoms with van der Waals surface area (Å²) in [5, 5.41) is 9.94. The molecule has 2 aliphatic rings. The lowest BCUT2D eigenvalue weighted by molar-refractivity contribution is 0.0398. The van der Waals surface area contributed by atoms with Crippen molar-refractivity contribution in [2.45, 2.75) is 19.4 Å². The highest BCUT2D eigenvalue weighted by atomic mass is 16.5.